The molecule has 2 rings (SSSR count). The molecule has 0 aromatic carbocycles. The summed E-state index contributed by atoms with van der Waals surface area (Å²) in [4.78, 5) is 4.53. The maximum Gasteiger partial charge on any atom is 0.203 e. The molecule has 5 nitrogen and oxygen atoms in total. The number of nitrogens with zero attached hydrogens (tertiary/aromatic N) is 2. The maximum absolute atomic E-state index is 5.79. The number of aryl methyl sites for hydroxylation is 1. The number of hydrogen-bond acceptors (Lipinski definition) is 4. The lowest BCUT2D eigenvalue weighted by molar-refractivity contribution is 0.00628. The molecule has 2 heterocycles. The fourth-order valence-electron chi connectivity index (χ4n) is 2.41. The lowest BCUT2D eigenvalue weighted by atomic mass is 10.1. The van der Waals surface area contributed by atoms with E-state index < -0.39 is 0 Å². The molecule has 19 heavy (non-hydrogen) atoms. The quantitative estimate of drug-likeness (QED) is 0.770. The Balaban J connectivity index is 1.87. The van der Waals surface area contributed by atoms with Crippen LogP contribution < -0.4 is 5.32 Å². The minimum absolute atomic E-state index is 0.335. The van der Waals surface area contributed by atoms with E-state index in [0.29, 0.717) is 6.10 Å². The summed E-state index contributed by atoms with van der Waals surface area (Å²) < 4.78 is 13.0. The molecule has 0 amide bonds. The van der Waals surface area contributed by atoms with Gasteiger partial charge in [-0.15, -0.1) is 0 Å². The van der Waals surface area contributed by atoms with Gasteiger partial charge >= 0.3 is 0 Å². The van der Waals surface area contributed by atoms with Crippen LogP contribution in [0.5, 0.6) is 0 Å². The summed E-state index contributed by atoms with van der Waals surface area (Å²) in [6, 6.07) is 0. The second kappa shape index (κ2) is 7.50. The topological polar surface area (TPSA) is 48.3 Å². The van der Waals surface area contributed by atoms with Gasteiger partial charge in [-0.05, 0) is 32.6 Å². The highest BCUT2D eigenvalue weighted by molar-refractivity contribution is 5.28. The Morgan fingerprint density at radius 3 is 3.16 bits per heavy atom. The first-order valence-electron chi connectivity index (χ1n) is 7.18. The van der Waals surface area contributed by atoms with E-state index in [-0.39, 0.29) is 0 Å². The summed E-state index contributed by atoms with van der Waals surface area (Å²) in [6.45, 7) is 5.48. The van der Waals surface area contributed by atoms with E-state index >= 15 is 0 Å². The molecular formula is C14H25N3O2. The van der Waals surface area contributed by atoms with Crippen molar-refractivity contribution >= 4 is 5.95 Å². The molecule has 0 aliphatic carbocycles. The molecule has 1 atom stereocenters. The van der Waals surface area contributed by atoms with Crippen molar-refractivity contribution in [2.24, 2.45) is 0 Å². The third-order valence-corrected chi connectivity index (χ3v) is 3.38. The van der Waals surface area contributed by atoms with Gasteiger partial charge in [-0.3, -0.25) is 0 Å². The van der Waals surface area contributed by atoms with Crippen molar-refractivity contribution in [1.29, 1.82) is 0 Å². The van der Waals surface area contributed by atoms with E-state index in [9.17, 15) is 0 Å². The van der Waals surface area contributed by atoms with E-state index in [0.717, 1.165) is 50.8 Å². The minimum atomic E-state index is 0.335. The van der Waals surface area contributed by atoms with Crippen LogP contribution in [0.15, 0.2) is 6.20 Å². The number of nitrogens with one attached hydrogen (secondary N) is 1. The summed E-state index contributed by atoms with van der Waals surface area (Å²) in [6.07, 6.45) is 7.04. The van der Waals surface area contributed by atoms with Gasteiger partial charge < -0.3 is 19.4 Å². The lowest BCUT2D eigenvalue weighted by Crippen LogP contribution is -2.25. The van der Waals surface area contributed by atoms with Crippen molar-refractivity contribution in [3.63, 3.8) is 0 Å². The van der Waals surface area contributed by atoms with Crippen molar-refractivity contribution in [3.8, 4) is 0 Å². The number of ether oxygens (including phenoxy) is 2. The molecule has 1 aliphatic rings. The molecule has 108 valence electrons. The summed E-state index contributed by atoms with van der Waals surface area (Å²) in [5.41, 5.74) is 1.05. The fraction of sp³-hybridized carbons (Fsp3) is 0.786. The Bertz CT molecular complexity index is 373. The molecule has 1 saturated heterocycles. The molecule has 1 unspecified atom stereocenters. The van der Waals surface area contributed by atoms with Crippen LogP contribution in [0.1, 0.15) is 31.4 Å². The third kappa shape index (κ3) is 4.51. The number of aromatic nitrogens is 2. The molecule has 0 radical (unpaired) electrons. The number of anilines is 1. The van der Waals surface area contributed by atoms with E-state index in [1.54, 1.807) is 7.11 Å². The van der Waals surface area contributed by atoms with Gasteiger partial charge in [0.2, 0.25) is 5.95 Å². The molecule has 0 spiro atoms. The number of hydrogen-bond donors (Lipinski definition) is 1. The molecule has 0 bridgehead atoms. The smallest absolute Gasteiger partial charge is 0.203 e. The molecular weight excluding hydrogens is 242 g/mol. The molecule has 5 heteroatoms. The van der Waals surface area contributed by atoms with Gasteiger partial charge in [0.15, 0.2) is 0 Å². The standard InChI is InChI=1S/C14H25N3O2/c1-12-10-17(11-13-6-3-4-9-19-13)14(16-12)15-7-5-8-18-2/h10,13H,3-9,11H2,1-2H3,(H,15,16). The van der Waals surface area contributed by atoms with Crippen molar-refractivity contribution in [2.75, 3.05) is 32.2 Å². The summed E-state index contributed by atoms with van der Waals surface area (Å²) in [5.74, 6) is 0.947. The Kier molecular flexibility index (Phi) is 5.66. The largest absolute Gasteiger partial charge is 0.385 e. The average molecular weight is 267 g/mol. The van der Waals surface area contributed by atoms with Gasteiger partial charge in [0, 0.05) is 33.1 Å². The molecule has 1 fully saturated rings. The number of rotatable bonds is 7. The molecule has 1 aromatic rings. The fourth-order valence-corrected chi connectivity index (χ4v) is 2.41. The van der Waals surface area contributed by atoms with Crippen molar-refractivity contribution < 1.29 is 9.47 Å². The summed E-state index contributed by atoms with van der Waals surface area (Å²) in [5, 5.41) is 3.37. The highest BCUT2D eigenvalue weighted by atomic mass is 16.5. The Morgan fingerprint density at radius 1 is 1.53 bits per heavy atom. The third-order valence-electron chi connectivity index (χ3n) is 3.38. The predicted octanol–water partition coefficient (Wildman–Crippen LogP) is 2.21. The summed E-state index contributed by atoms with van der Waals surface area (Å²) >= 11 is 0. The van der Waals surface area contributed by atoms with Gasteiger partial charge in [0.1, 0.15) is 0 Å². The lowest BCUT2D eigenvalue weighted by Gasteiger charge is -2.23. The monoisotopic (exact) mass is 267 g/mol. The Hall–Kier alpha value is -1.07. The van der Waals surface area contributed by atoms with Gasteiger partial charge in [-0.25, -0.2) is 4.98 Å². The second-order valence-electron chi connectivity index (χ2n) is 5.12. The Morgan fingerprint density at radius 2 is 2.42 bits per heavy atom. The van der Waals surface area contributed by atoms with Gasteiger partial charge in [-0.1, -0.05) is 0 Å². The zero-order valence-corrected chi connectivity index (χ0v) is 12.0. The van der Waals surface area contributed by atoms with Crippen LogP contribution in [-0.4, -0.2) is 42.5 Å². The van der Waals surface area contributed by atoms with E-state index in [1.165, 1.54) is 12.8 Å². The first-order chi connectivity index (χ1) is 9.29. The zero-order valence-electron chi connectivity index (χ0n) is 12.0. The predicted molar refractivity (Wildman–Crippen MR) is 75.5 cm³/mol. The van der Waals surface area contributed by atoms with Gasteiger partial charge in [0.05, 0.1) is 18.3 Å². The SMILES string of the molecule is COCCCNc1nc(C)cn1CC1CCCCO1. The van der Waals surface area contributed by atoms with E-state index in [1.807, 2.05) is 6.92 Å². The normalized spacial score (nSPS) is 19.6. The van der Waals surface area contributed by atoms with Crippen LogP contribution in [0.2, 0.25) is 0 Å². The van der Waals surface area contributed by atoms with Crippen LogP contribution in [0.3, 0.4) is 0 Å². The van der Waals surface area contributed by atoms with Crippen LogP contribution in [-0.2, 0) is 16.0 Å². The van der Waals surface area contributed by atoms with Crippen molar-refractivity contribution in [1.82, 2.24) is 9.55 Å². The molecule has 1 aromatic heterocycles. The number of methoxy groups -OCH3 is 1. The van der Waals surface area contributed by atoms with E-state index in [4.69, 9.17) is 9.47 Å². The minimum Gasteiger partial charge on any atom is -0.385 e. The van der Waals surface area contributed by atoms with Crippen LogP contribution in [0.4, 0.5) is 5.95 Å². The highest BCUT2D eigenvalue weighted by Gasteiger charge is 2.16. The van der Waals surface area contributed by atoms with Crippen molar-refractivity contribution in [3.05, 3.63) is 11.9 Å². The first kappa shape index (κ1) is 14.3. The van der Waals surface area contributed by atoms with Gasteiger partial charge in [-0.2, -0.15) is 0 Å². The van der Waals surface area contributed by atoms with Crippen LogP contribution in [0, 0.1) is 6.92 Å². The average Bonchev–Trinajstić information content (AvgIpc) is 2.76. The molecule has 1 aliphatic heterocycles. The van der Waals surface area contributed by atoms with Crippen LogP contribution in [0.25, 0.3) is 0 Å². The summed E-state index contributed by atoms with van der Waals surface area (Å²) in [7, 11) is 1.73. The van der Waals surface area contributed by atoms with E-state index in [2.05, 4.69) is 21.1 Å². The molecule has 0 saturated carbocycles. The number of imidazole rings is 1. The van der Waals surface area contributed by atoms with Crippen molar-refractivity contribution in [2.45, 2.75) is 45.3 Å². The zero-order chi connectivity index (χ0) is 13.5. The first-order valence-corrected chi connectivity index (χ1v) is 7.18. The highest BCUT2D eigenvalue weighted by Crippen LogP contribution is 2.17. The molecule has 1 N–H and O–H groups in total. The second-order valence-corrected chi connectivity index (χ2v) is 5.12. The van der Waals surface area contributed by atoms with Crippen LogP contribution >= 0.6 is 0 Å². The Labute approximate surface area is 115 Å². The van der Waals surface area contributed by atoms with Gasteiger partial charge in [0.25, 0.3) is 0 Å². The maximum atomic E-state index is 5.79.